The third-order valence-corrected chi connectivity index (χ3v) is 10.7. The number of amides is 1. The maximum absolute atomic E-state index is 17.2. The van der Waals surface area contributed by atoms with Gasteiger partial charge >= 0.3 is 12.2 Å². The van der Waals surface area contributed by atoms with Gasteiger partial charge in [0.1, 0.15) is 29.9 Å². The standard InChI is InChI=1S/C35H35F6N7O3S/c1-6-25(49)48-11-10-23(24(48)16-50-5)47(7-2)33-20-13-21(35(39,40)41)26(19-8-9-22(37)31-27(19)30(43-3)32(42)52-31)28(38)29(20)44-34(45-33)51-15-18-12-17(36)14-46(18)4/h6,8-9,13,17-18,23-24H,1,7,10-12,14-16,42H2,2,4-5H3/t17-,18+,23?,24-/m1/s1. The van der Waals surface area contributed by atoms with E-state index < -0.39 is 58.3 Å². The average Bonchev–Trinajstić information content (AvgIpc) is 3.77. The highest BCUT2D eigenvalue weighted by Crippen LogP contribution is 2.50. The molecule has 6 rings (SSSR count). The van der Waals surface area contributed by atoms with Gasteiger partial charge in [-0.3, -0.25) is 9.69 Å². The molecule has 0 saturated carbocycles. The molecule has 1 unspecified atom stereocenters. The first kappa shape index (κ1) is 37.1. The second-order valence-corrected chi connectivity index (χ2v) is 13.8. The maximum atomic E-state index is 17.2. The number of carbonyl (C=O) groups is 1. The lowest BCUT2D eigenvalue weighted by Gasteiger charge is -2.35. The highest BCUT2D eigenvalue weighted by molar-refractivity contribution is 7.23. The van der Waals surface area contributed by atoms with Crippen LogP contribution < -0.4 is 15.4 Å². The van der Waals surface area contributed by atoms with Crippen LogP contribution in [-0.4, -0.2) is 97.0 Å². The molecule has 2 aliphatic heterocycles. The number of hydrogen-bond acceptors (Lipinski definition) is 9. The van der Waals surface area contributed by atoms with Gasteiger partial charge in [0.05, 0.1) is 40.5 Å². The van der Waals surface area contributed by atoms with E-state index in [0.29, 0.717) is 17.8 Å². The van der Waals surface area contributed by atoms with E-state index in [1.165, 1.54) is 7.11 Å². The normalized spacial score (nSPS) is 20.9. The Bertz CT molecular complexity index is 2090. The number of rotatable bonds is 10. The van der Waals surface area contributed by atoms with Crippen molar-refractivity contribution in [3.8, 4) is 17.1 Å². The van der Waals surface area contributed by atoms with Crippen LogP contribution in [0.25, 0.3) is 37.0 Å². The number of ether oxygens (including phenoxy) is 2. The number of anilines is 2. The smallest absolute Gasteiger partial charge is 0.417 e. The SMILES string of the molecule is [C-]#[N+]c1c(N)sc2c(F)ccc(-c3c(C(F)(F)F)cc4c(N(CC)C5CCN(C(=O)C=C)[C@@H]5COC)nc(OC[C@@H]5C[C@@H](F)CN5C)nc4c3F)c12. The van der Waals surface area contributed by atoms with Gasteiger partial charge in [0.2, 0.25) is 11.6 Å². The molecule has 2 saturated heterocycles. The molecule has 0 spiro atoms. The number of benzene rings is 2. The number of aromatic nitrogens is 2. The molecular weight excluding hydrogens is 712 g/mol. The van der Waals surface area contributed by atoms with Crippen LogP contribution in [0, 0.1) is 18.2 Å². The fraction of sp³-hybridized carbons (Fsp3) is 0.429. The number of methoxy groups -OCH3 is 1. The van der Waals surface area contributed by atoms with Gasteiger partial charge in [0.15, 0.2) is 5.82 Å². The third kappa shape index (κ3) is 6.47. The Morgan fingerprint density at radius 1 is 1.27 bits per heavy atom. The van der Waals surface area contributed by atoms with Crippen molar-refractivity contribution in [1.29, 1.82) is 0 Å². The second kappa shape index (κ2) is 14.4. The number of likely N-dealkylation sites (N-methyl/N-ethyl adjacent to an activating group) is 2. The molecule has 2 aromatic heterocycles. The summed E-state index contributed by atoms with van der Waals surface area (Å²) in [6.07, 6.45) is -4.55. The third-order valence-electron chi connectivity index (χ3n) is 9.73. The van der Waals surface area contributed by atoms with Gasteiger partial charge in [0.25, 0.3) is 0 Å². The molecule has 4 aromatic rings. The first-order chi connectivity index (χ1) is 24.7. The molecule has 4 heterocycles. The predicted octanol–water partition coefficient (Wildman–Crippen LogP) is 6.99. The summed E-state index contributed by atoms with van der Waals surface area (Å²) in [5.74, 6) is -2.70. The van der Waals surface area contributed by atoms with E-state index in [9.17, 15) is 13.6 Å². The Hall–Kier alpha value is -4.66. The summed E-state index contributed by atoms with van der Waals surface area (Å²) < 4.78 is 103. The Kier molecular flexibility index (Phi) is 10.3. The van der Waals surface area contributed by atoms with Crippen molar-refractivity contribution in [2.75, 3.05) is 57.6 Å². The number of thiophene rings is 1. The fourth-order valence-corrected chi connectivity index (χ4v) is 8.27. The number of nitrogen functional groups attached to an aromatic ring is 1. The number of alkyl halides is 4. The highest BCUT2D eigenvalue weighted by atomic mass is 32.1. The molecule has 276 valence electrons. The van der Waals surface area contributed by atoms with Crippen LogP contribution in [0.1, 0.15) is 25.3 Å². The van der Waals surface area contributed by atoms with Crippen molar-refractivity contribution < 1.29 is 40.6 Å². The molecule has 2 aromatic carbocycles. The van der Waals surface area contributed by atoms with Crippen LogP contribution in [-0.2, 0) is 15.7 Å². The van der Waals surface area contributed by atoms with Gasteiger partial charge in [0, 0.05) is 49.1 Å². The van der Waals surface area contributed by atoms with Gasteiger partial charge in [-0.1, -0.05) is 12.6 Å². The molecule has 2 N–H and O–H groups in total. The molecular formula is C35H35F6N7O3S. The van der Waals surface area contributed by atoms with E-state index in [1.54, 1.807) is 28.7 Å². The molecule has 0 radical (unpaired) electrons. The first-order valence-corrected chi connectivity index (χ1v) is 17.2. The lowest BCUT2D eigenvalue weighted by Crippen LogP contribution is -2.49. The van der Waals surface area contributed by atoms with Crippen LogP contribution in [0.2, 0.25) is 0 Å². The topological polar surface area (TPSA) is 101 Å². The molecule has 17 heteroatoms. The fourth-order valence-electron chi connectivity index (χ4n) is 7.34. The zero-order valence-electron chi connectivity index (χ0n) is 28.4. The molecule has 2 aliphatic rings. The molecule has 0 aliphatic carbocycles. The lowest BCUT2D eigenvalue weighted by atomic mass is 9.93. The number of nitrogens with zero attached hydrogens (tertiary/aromatic N) is 6. The zero-order chi connectivity index (χ0) is 37.6. The summed E-state index contributed by atoms with van der Waals surface area (Å²) in [5, 5.41) is -0.695. The Labute approximate surface area is 299 Å². The zero-order valence-corrected chi connectivity index (χ0v) is 29.3. The average molecular weight is 748 g/mol. The number of hydrogen-bond donors (Lipinski definition) is 1. The highest BCUT2D eigenvalue weighted by Gasteiger charge is 2.42. The van der Waals surface area contributed by atoms with Crippen LogP contribution >= 0.6 is 11.3 Å². The maximum Gasteiger partial charge on any atom is 0.417 e. The second-order valence-electron chi connectivity index (χ2n) is 12.7. The predicted molar refractivity (Wildman–Crippen MR) is 186 cm³/mol. The van der Waals surface area contributed by atoms with Gasteiger partial charge < -0.3 is 25.0 Å². The van der Waals surface area contributed by atoms with Gasteiger partial charge in [-0.15, -0.1) is 11.3 Å². The van der Waals surface area contributed by atoms with Crippen molar-refractivity contribution in [3.63, 3.8) is 0 Å². The van der Waals surface area contributed by atoms with E-state index in [2.05, 4.69) is 21.4 Å². The van der Waals surface area contributed by atoms with Crippen LogP contribution in [0.3, 0.4) is 0 Å². The molecule has 0 bridgehead atoms. The molecule has 52 heavy (non-hydrogen) atoms. The van der Waals surface area contributed by atoms with Crippen molar-refractivity contribution >= 4 is 54.7 Å². The minimum absolute atomic E-state index is 0.0750. The van der Waals surface area contributed by atoms with Crippen LogP contribution in [0.4, 0.5) is 42.8 Å². The Morgan fingerprint density at radius 3 is 2.63 bits per heavy atom. The van der Waals surface area contributed by atoms with E-state index in [-0.39, 0.29) is 89.2 Å². The van der Waals surface area contributed by atoms with E-state index in [1.807, 2.05) is 0 Å². The van der Waals surface area contributed by atoms with Crippen molar-refractivity contribution in [3.05, 3.63) is 59.5 Å². The Balaban J connectivity index is 1.62. The number of fused-ring (bicyclic) bond motifs is 2. The lowest BCUT2D eigenvalue weighted by molar-refractivity contribution is -0.137. The van der Waals surface area contributed by atoms with Crippen molar-refractivity contribution in [2.45, 2.75) is 50.2 Å². The van der Waals surface area contributed by atoms with Crippen molar-refractivity contribution in [2.24, 2.45) is 0 Å². The van der Waals surface area contributed by atoms with Crippen LogP contribution in [0.5, 0.6) is 6.01 Å². The summed E-state index contributed by atoms with van der Waals surface area (Å²) >= 11 is 0.672. The number of halogens is 6. The summed E-state index contributed by atoms with van der Waals surface area (Å²) in [5.41, 5.74) is 2.37. The summed E-state index contributed by atoms with van der Waals surface area (Å²) in [6, 6.07) is 0.752. The van der Waals surface area contributed by atoms with Crippen LogP contribution in [0.15, 0.2) is 30.9 Å². The van der Waals surface area contributed by atoms with Gasteiger partial charge in [-0.2, -0.15) is 23.1 Å². The number of likely N-dealkylation sites (tertiary alicyclic amines) is 2. The quantitative estimate of drug-likeness (QED) is 0.105. The molecule has 2 fully saturated rings. The summed E-state index contributed by atoms with van der Waals surface area (Å²) in [4.78, 5) is 29.9. The van der Waals surface area contributed by atoms with Gasteiger partial charge in [-0.25, -0.2) is 18.0 Å². The minimum atomic E-state index is -5.15. The first-order valence-electron chi connectivity index (χ1n) is 16.4. The van der Waals surface area contributed by atoms with E-state index >= 15 is 17.6 Å². The summed E-state index contributed by atoms with van der Waals surface area (Å²) in [6.45, 7) is 13.5. The monoisotopic (exact) mass is 747 g/mol. The van der Waals surface area contributed by atoms with E-state index in [0.717, 1.165) is 24.3 Å². The van der Waals surface area contributed by atoms with E-state index in [4.69, 9.17) is 21.8 Å². The Morgan fingerprint density at radius 2 is 2.02 bits per heavy atom. The molecule has 4 atom stereocenters. The number of carbonyl (C=O) groups excluding carboxylic acids is 1. The largest absolute Gasteiger partial charge is 0.462 e. The molecule has 1 amide bonds. The molecule has 10 nitrogen and oxygen atoms in total. The van der Waals surface area contributed by atoms with Crippen molar-refractivity contribution in [1.82, 2.24) is 19.8 Å². The summed E-state index contributed by atoms with van der Waals surface area (Å²) in [7, 11) is 3.17. The minimum Gasteiger partial charge on any atom is -0.462 e. The number of nitrogens with two attached hydrogens (primary N) is 1. The van der Waals surface area contributed by atoms with Gasteiger partial charge in [-0.05, 0) is 50.6 Å².